The zero-order valence-corrected chi connectivity index (χ0v) is 9.93. The van der Waals surface area contributed by atoms with Gasteiger partial charge < -0.3 is 4.90 Å². The Hall–Kier alpha value is -0.690. The topological polar surface area (TPSA) is 3.24 Å². The highest BCUT2D eigenvalue weighted by Gasteiger charge is 2.03. The van der Waals surface area contributed by atoms with E-state index in [-0.39, 0.29) is 0 Å². The van der Waals surface area contributed by atoms with Gasteiger partial charge in [0.1, 0.15) is 0 Å². The maximum absolute atomic E-state index is 5.68. The van der Waals surface area contributed by atoms with E-state index < -0.39 is 0 Å². The SMILES string of the molecule is Cc1ccc(C)c(N(C)CCCCl)c1. The normalized spacial score (nSPS) is 10.3. The van der Waals surface area contributed by atoms with Crippen LogP contribution in [0.3, 0.4) is 0 Å². The van der Waals surface area contributed by atoms with Gasteiger partial charge in [0, 0.05) is 25.2 Å². The summed E-state index contributed by atoms with van der Waals surface area (Å²) < 4.78 is 0. The third kappa shape index (κ3) is 2.91. The predicted molar refractivity (Wildman–Crippen MR) is 64.5 cm³/mol. The Morgan fingerprint density at radius 1 is 1.29 bits per heavy atom. The van der Waals surface area contributed by atoms with Crippen LogP contribution in [0.1, 0.15) is 17.5 Å². The van der Waals surface area contributed by atoms with Crippen LogP contribution in [0.15, 0.2) is 18.2 Å². The first-order valence-electron chi connectivity index (χ1n) is 4.99. The molecule has 1 aromatic rings. The number of anilines is 1. The summed E-state index contributed by atoms with van der Waals surface area (Å²) in [5.41, 5.74) is 3.95. The van der Waals surface area contributed by atoms with Gasteiger partial charge in [0.15, 0.2) is 0 Å². The lowest BCUT2D eigenvalue weighted by Crippen LogP contribution is -2.19. The van der Waals surface area contributed by atoms with Crippen LogP contribution in [0.4, 0.5) is 5.69 Å². The lowest BCUT2D eigenvalue weighted by atomic mass is 10.1. The minimum atomic E-state index is 0.731. The van der Waals surface area contributed by atoms with Gasteiger partial charge in [-0.1, -0.05) is 12.1 Å². The molecule has 1 aromatic carbocycles. The molecule has 0 aliphatic rings. The molecule has 14 heavy (non-hydrogen) atoms. The van der Waals surface area contributed by atoms with Crippen molar-refractivity contribution in [2.45, 2.75) is 20.3 Å². The summed E-state index contributed by atoms with van der Waals surface area (Å²) in [6.07, 6.45) is 1.03. The van der Waals surface area contributed by atoms with Crippen LogP contribution >= 0.6 is 11.6 Å². The summed E-state index contributed by atoms with van der Waals surface area (Å²) in [4.78, 5) is 2.27. The number of alkyl halides is 1. The molecule has 0 aliphatic carbocycles. The molecule has 2 heteroatoms. The van der Waals surface area contributed by atoms with Crippen molar-refractivity contribution in [3.05, 3.63) is 29.3 Å². The Bertz CT molecular complexity index is 296. The van der Waals surface area contributed by atoms with Crippen molar-refractivity contribution in [1.82, 2.24) is 0 Å². The van der Waals surface area contributed by atoms with Gasteiger partial charge in [-0.05, 0) is 37.5 Å². The summed E-state index contributed by atoms with van der Waals surface area (Å²) in [6.45, 7) is 5.29. The van der Waals surface area contributed by atoms with Crippen LogP contribution < -0.4 is 4.90 Å². The van der Waals surface area contributed by atoms with Gasteiger partial charge in [-0.15, -0.1) is 11.6 Å². The Balaban J connectivity index is 2.77. The van der Waals surface area contributed by atoms with Crippen molar-refractivity contribution in [3.63, 3.8) is 0 Å². The molecule has 0 bridgehead atoms. The van der Waals surface area contributed by atoms with Crippen LogP contribution in [-0.2, 0) is 0 Å². The number of halogens is 1. The fourth-order valence-electron chi connectivity index (χ4n) is 1.55. The average Bonchev–Trinajstić information content (AvgIpc) is 2.18. The molecular weight excluding hydrogens is 194 g/mol. The van der Waals surface area contributed by atoms with Crippen molar-refractivity contribution >= 4 is 17.3 Å². The third-order valence-corrected chi connectivity index (χ3v) is 2.67. The van der Waals surface area contributed by atoms with Gasteiger partial charge in [-0.2, -0.15) is 0 Å². The van der Waals surface area contributed by atoms with E-state index in [1.165, 1.54) is 16.8 Å². The summed E-state index contributed by atoms with van der Waals surface area (Å²) in [6, 6.07) is 6.54. The van der Waals surface area contributed by atoms with Gasteiger partial charge in [0.2, 0.25) is 0 Å². The van der Waals surface area contributed by atoms with Gasteiger partial charge in [-0.25, -0.2) is 0 Å². The van der Waals surface area contributed by atoms with Gasteiger partial charge >= 0.3 is 0 Å². The van der Waals surface area contributed by atoms with E-state index in [2.05, 4.69) is 44.0 Å². The molecule has 0 N–H and O–H groups in total. The summed E-state index contributed by atoms with van der Waals surface area (Å²) in [5.74, 6) is 0.731. The van der Waals surface area contributed by atoms with Gasteiger partial charge in [-0.3, -0.25) is 0 Å². The molecule has 0 amide bonds. The highest BCUT2D eigenvalue weighted by Crippen LogP contribution is 2.20. The molecule has 0 spiro atoms. The van der Waals surface area contributed by atoms with Crippen molar-refractivity contribution in [2.75, 3.05) is 24.4 Å². The maximum Gasteiger partial charge on any atom is 0.0395 e. The fraction of sp³-hybridized carbons (Fsp3) is 0.500. The number of hydrogen-bond donors (Lipinski definition) is 0. The van der Waals surface area contributed by atoms with E-state index in [4.69, 9.17) is 11.6 Å². The molecule has 0 radical (unpaired) electrons. The van der Waals surface area contributed by atoms with Crippen LogP contribution in [0, 0.1) is 13.8 Å². The van der Waals surface area contributed by atoms with Gasteiger partial charge in [0.25, 0.3) is 0 Å². The lowest BCUT2D eigenvalue weighted by molar-refractivity contribution is 0.853. The molecule has 0 unspecified atom stereocenters. The first kappa shape index (κ1) is 11.4. The molecule has 0 aromatic heterocycles. The minimum absolute atomic E-state index is 0.731. The van der Waals surface area contributed by atoms with E-state index in [0.29, 0.717) is 0 Å². The number of benzene rings is 1. The molecule has 78 valence electrons. The van der Waals surface area contributed by atoms with Crippen molar-refractivity contribution < 1.29 is 0 Å². The predicted octanol–water partition coefficient (Wildman–Crippen LogP) is 3.37. The number of aryl methyl sites for hydroxylation is 2. The number of hydrogen-bond acceptors (Lipinski definition) is 1. The standard InChI is InChI=1S/C12H18ClN/c1-10-5-6-11(2)12(9-10)14(3)8-4-7-13/h5-6,9H,4,7-8H2,1-3H3. The maximum atomic E-state index is 5.68. The molecule has 0 aliphatic heterocycles. The zero-order chi connectivity index (χ0) is 10.6. The first-order chi connectivity index (χ1) is 6.65. The molecule has 0 atom stereocenters. The Morgan fingerprint density at radius 3 is 2.64 bits per heavy atom. The molecule has 0 fully saturated rings. The fourth-order valence-corrected chi connectivity index (χ4v) is 1.67. The van der Waals surface area contributed by atoms with E-state index in [9.17, 15) is 0 Å². The van der Waals surface area contributed by atoms with Crippen molar-refractivity contribution in [3.8, 4) is 0 Å². The molecule has 0 saturated heterocycles. The number of rotatable bonds is 4. The molecule has 1 rings (SSSR count). The largest absolute Gasteiger partial charge is 0.374 e. The van der Waals surface area contributed by atoms with Crippen LogP contribution in [0.2, 0.25) is 0 Å². The van der Waals surface area contributed by atoms with Crippen molar-refractivity contribution in [1.29, 1.82) is 0 Å². The second kappa shape index (κ2) is 5.26. The molecular formula is C12H18ClN. The van der Waals surface area contributed by atoms with E-state index in [0.717, 1.165) is 18.8 Å². The zero-order valence-electron chi connectivity index (χ0n) is 9.18. The monoisotopic (exact) mass is 211 g/mol. The molecule has 0 heterocycles. The van der Waals surface area contributed by atoms with Crippen LogP contribution in [0.25, 0.3) is 0 Å². The third-order valence-electron chi connectivity index (χ3n) is 2.40. The summed E-state index contributed by atoms with van der Waals surface area (Å²) in [5, 5.41) is 0. The van der Waals surface area contributed by atoms with Crippen LogP contribution in [0.5, 0.6) is 0 Å². The second-order valence-electron chi connectivity index (χ2n) is 3.75. The van der Waals surface area contributed by atoms with E-state index in [1.54, 1.807) is 0 Å². The van der Waals surface area contributed by atoms with E-state index in [1.807, 2.05) is 0 Å². The van der Waals surface area contributed by atoms with Gasteiger partial charge in [0.05, 0.1) is 0 Å². The molecule has 0 saturated carbocycles. The minimum Gasteiger partial charge on any atom is -0.374 e. The second-order valence-corrected chi connectivity index (χ2v) is 4.13. The Morgan fingerprint density at radius 2 is 2.00 bits per heavy atom. The van der Waals surface area contributed by atoms with Crippen LogP contribution in [-0.4, -0.2) is 19.5 Å². The van der Waals surface area contributed by atoms with Crippen molar-refractivity contribution in [2.24, 2.45) is 0 Å². The lowest BCUT2D eigenvalue weighted by Gasteiger charge is -2.21. The first-order valence-corrected chi connectivity index (χ1v) is 5.53. The number of nitrogens with zero attached hydrogens (tertiary/aromatic N) is 1. The van der Waals surface area contributed by atoms with E-state index >= 15 is 0 Å². The quantitative estimate of drug-likeness (QED) is 0.691. The summed E-state index contributed by atoms with van der Waals surface area (Å²) >= 11 is 5.68. The highest BCUT2D eigenvalue weighted by molar-refractivity contribution is 6.17. The average molecular weight is 212 g/mol. The smallest absolute Gasteiger partial charge is 0.0395 e. The molecule has 1 nitrogen and oxygen atoms in total. The summed E-state index contributed by atoms with van der Waals surface area (Å²) in [7, 11) is 2.12. The highest BCUT2D eigenvalue weighted by atomic mass is 35.5. The Kier molecular flexibility index (Phi) is 4.27. The Labute approximate surface area is 91.7 Å².